The van der Waals surface area contributed by atoms with E-state index in [1.54, 1.807) is 0 Å². The van der Waals surface area contributed by atoms with E-state index < -0.39 is 0 Å². The van der Waals surface area contributed by atoms with Crippen LogP contribution in [0.15, 0.2) is 24.3 Å². The van der Waals surface area contributed by atoms with Gasteiger partial charge in [-0.15, -0.1) is 0 Å². The quantitative estimate of drug-likeness (QED) is 0.807. The molecule has 0 saturated heterocycles. The lowest BCUT2D eigenvalue weighted by Crippen LogP contribution is -2.27. The van der Waals surface area contributed by atoms with E-state index in [4.69, 9.17) is 9.97 Å². The molecule has 0 amide bonds. The van der Waals surface area contributed by atoms with Crippen LogP contribution in [0.2, 0.25) is 0 Å². The van der Waals surface area contributed by atoms with Gasteiger partial charge < -0.3 is 9.80 Å². The van der Waals surface area contributed by atoms with Crippen LogP contribution in [0, 0.1) is 0 Å². The third-order valence-corrected chi connectivity index (χ3v) is 3.68. The Hall–Kier alpha value is -1.84. The number of benzene rings is 1. The van der Waals surface area contributed by atoms with Crippen molar-refractivity contribution in [2.45, 2.75) is 27.7 Å². The van der Waals surface area contributed by atoms with Crippen LogP contribution in [0.4, 0.5) is 11.8 Å². The van der Waals surface area contributed by atoms with Crippen LogP contribution in [0.25, 0.3) is 10.9 Å². The molecule has 1 aromatic carbocycles. The summed E-state index contributed by atoms with van der Waals surface area (Å²) in [5, 5.41) is 1.13. The Kier molecular flexibility index (Phi) is 4.77. The summed E-state index contributed by atoms with van der Waals surface area (Å²) in [4.78, 5) is 14.0. The Balaban J connectivity index is 2.63. The number of hydrogen-bond donors (Lipinski definition) is 0. The zero-order valence-corrected chi connectivity index (χ0v) is 12.9. The minimum Gasteiger partial charge on any atom is -0.356 e. The Morgan fingerprint density at radius 3 is 2.00 bits per heavy atom. The molecule has 2 aromatic rings. The molecule has 0 spiro atoms. The van der Waals surface area contributed by atoms with Gasteiger partial charge in [0.25, 0.3) is 0 Å². The van der Waals surface area contributed by atoms with Crippen molar-refractivity contribution in [3.63, 3.8) is 0 Å². The molecule has 0 aliphatic rings. The molecule has 0 bridgehead atoms. The van der Waals surface area contributed by atoms with E-state index in [0.29, 0.717) is 0 Å². The van der Waals surface area contributed by atoms with Gasteiger partial charge in [-0.2, -0.15) is 4.98 Å². The van der Waals surface area contributed by atoms with Gasteiger partial charge in [-0.05, 0) is 39.8 Å². The Labute approximate surface area is 121 Å². The Morgan fingerprint density at radius 2 is 1.40 bits per heavy atom. The van der Waals surface area contributed by atoms with E-state index in [0.717, 1.165) is 48.8 Å². The minimum atomic E-state index is 0.829. The van der Waals surface area contributed by atoms with Gasteiger partial charge in [0.05, 0.1) is 5.52 Å². The molecule has 0 unspecified atom stereocenters. The van der Waals surface area contributed by atoms with Crippen molar-refractivity contribution < 1.29 is 0 Å². The number of aromatic nitrogens is 2. The fraction of sp³-hybridized carbons (Fsp3) is 0.500. The summed E-state index contributed by atoms with van der Waals surface area (Å²) in [5.41, 5.74) is 1.02. The third-order valence-electron chi connectivity index (χ3n) is 3.68. The van der Waals surface area contributed by atoms with E-state index in [9.17, 15) is 0 Å². The summed E-state index contributed by atoms with van der Waals surface area (Å²) in [6.45, 7) is 12.4. The molecule has 0 atom stereocenters. The Bertz CT molecular complexity index is 559. The molecule has 0 aliphatic heterocycles. The van der Waals surface area contributed by atoms with Crippen LogP contribution < -0.4 is 9.80 Å². The summed E-state index contributed by atoms with van der Waals surface area (Å²) in [6, 6.07) is 8.26. The third kappa shape index (κ3) is 2.69. The lowest BCUT2D eigenvalue weighted by atomic mass is 10.2. The maximum Gasteiger partial charge on any atom is 0.227 e. The van der Waals surface area contributed by atoms with Crippen LogP contribution in [0.3, 0.4) is 0 Å². The molecular weight excluding hydrogens is 248 g/mol. The fourth-order valence-electron chi connectivity index (χ4n) is 2.46. The molecule has 20 heavy (non-hydrogen) atoms. The molecule has 108 valence electrons. The van der Waals surface area contributed by atoms with E-state index in [-0.39, 0.29) is 0 Å². The minimum absolute atomic E-state index is 0.829. The predicted octanol–water partition coefficient (Wildman–Crippen LogP) is 3.32. The van der Waals surface area contributed by atoms with Gasteiger partial charge in [-0.1, -0.05) is 12.1 Å². The van der Waals surface area contributed by atoms with Gasteiger partial charge in [0.2, 0.25) is 5.95 Å². The van der Waals surface area contributed by atoms with Crippen LogP contribution in [0.5, 0.6) is 0 Å². The highest BCUT2D eigenvalue weighted by molar-refractivity contribution is 5.90. The van der Waals surface area contributed by atoms with Crippen molar-refractivity contribution in [1.82, 2.24) is 9.97 Å². The van der Waals surface area contributed by atoms with E-state index in [2.05, 4.69) is 55.7 Å². The van der Waals surface area contributed by atoms with Crippen molar-refractivity contribution in [2.24, 2.45) is 0 Å². The molecule has 1 heterocycles. The van der Waals surface area contributed by atoms with Crippen molar-refractivity contribution in [3.8, 4) is 0 Å². The monoisotopic (exact) mass is 272 g/mol. The maximum atomic E-state index is 4.83. The first-order valence-corrected chi connectivity index (χ1v) is 7.51. The van der Waals surface area contributed by atoms with Gasteiger partial charge in [-0.25, -0.2) is 4.98 Å². The highest BCUT2D eigenvalue weighted by Gasteiger charge is 2.14. The number of para-hydroxylation sites is 1. The highest BCUT2D eigenvalue weighted by Crippen LogP contribution is 2.26. The molecule has 1 aromatic heterocycles. The average Bonchev–Trinajstić information content (AvgIpc) is 2.49. The van der Waals surface area contributed by atoms with Crippen molar-refractivity contribution in [3.05, 3.63) is 24.3 Å². The van der Waals surface area contributed by atoms with E-state index in [1.165, 1.54) is 0 Å². The molecule has 4 heteroatoms. The molecule has 0 N–H and O–H groups in total. The Morgan fingerprint density at radius 1 is 0.800 bits per heavy atom. The highest BCUT2D eigenvalue weighted by atomic mass is 15.3. The number of anilines is 2. The normalized spacial score (nSPS) is 10.8. The second-order valence-corrected chi connectivity index (χ2v) is 4.71. The number of rotatable bonds is 6. The van der Waals surface area contributed by atoms with Crippen LogP contribution in [-0.4, -0.2) is 36.1 Å². The topological polar surface area (TPSA) is 32.3 Å². The van der Waals surface area contributed by atoms with Gasteiger partial charge in [0.15, 0.2) is 0 Å². The molecule has 0 radical (unpaired) electrons. The van der Waals surface area contributed by atoms with Gasteiger partial charge in [0, 0.05) is 31.6 Å². The van der Waals surface area contributed by atoms with E-state index >= 15 is 0 Å². The fourth-order valence-corrected chi connectivity index (χ4v) is 2.46. The summed E-state index contributed by atoms with van der Waals surface area (Å²) in [5.74, 6) is 1.87. The summed E-state index contributed by atoms with van der Waals surface area (Å²) in [6.07, 6.45) is 0. The molecular formula is C16H24N4. The second-order valence-electron chi connectivity index (χ2n) is 4.71. The van der Waals surface area contributed by atoms with Crippen LogP contribution in [0.1, 0.15) is 27.7 Å². The first-order valence-electron chi connectivity index (χ1n) is 7.51. The van der Waals surface area contributed by atoms with Crippen molar-refractivity contribution >= 4 is 22.7 Å². The molecule has 0 aliphatic carbocycles. The largest absolute Gasteiger partial charge is 0.356 e. The summed E-state index contributed by atoms with van der Waals surface area (Å²) < 4.78 is 0. The molecule has 2 rings (SSSR count). The number of nitrogens with zero attached hydrogens (tertiary/aromatic N) is 4. The van der Waals surface area contributed by atoms with Crippen molar-refractivity contribution in [1.29, 1.82) is 0 Å². The van der Waals surface area contributed by atoms with Gasteiger partial charge in [-0.3, -0.25) is 0 Å². The summed E-state index contributed by atoms with van der Waals surface area (Å²) >= 11 is 0. The first kappa shape index (κ1) is 14.6. The van der Waals surface area contributed by atoms with Crippen molar-refractivity contribution in [2.75, 3.05) is 36.0 Å². The van der Waals surface area contributed by atoms with Gasteiger partial charge >= 0.3 is 0 Å². The zero-order valence-electron chi connectivity index (χ0n) is 12.9. The predicted molar refractivity (Wildman–Crippen MR) is 86.7 cm³/mol. The zero-order chi connectivity index (χ0) is 14.5. The summed E-state index contributed by atoms with van der Waals surface area (Å²) in [7, 11) is 0. The first-order chi connectivity index (χ1) is 9.74. The number of fused-ring (bicyclic) bond motifs is 1. The smallest absolute Gasteiger partial charge is 0.227 e. The lowest BCUT2D eigenvalue weighted by Gasteiger charge is -2.25. The second kappa shape index (κ2) is 6.55. The average molecular weight is 272 g/mol. The standard InChI is InChI=1S/C16H24N4/c1-5-19(6-2)15-13-11-9-10-12-14(13)17-16(18-15)20(7-3)8-4/h9-12H,5-8H2,1-4H3. The van der Waals surface area contributed by atoms with E-state index in [1.807, 2.05) is 6.07 Å². The lowest BCUT2D eigenvalue weighted by molar-refractivity contribution is 0.806. The molecule has 0 fully saturated rings. The molecule has 0 saturated carbocycles. The van der Waals surface area contributed by atoms with Crippen LogP contribution >= 0.6 is 0 Å². The van der Waals surface area contributed by atoms with Gasteiger partial charge in [0.1, 0.15) is 5.82 Å². The number of hydrogen-bond acceptors (Lipinski definition) is 4. The van der Waals surface area contributed by atoms with Crippen LogP contribution in [-0.2, 0) is 0 Å². The maximum absolute atomic E-state index is 4.83. The molecule has 4 nitrogen and oxygen atoms in total. The SMILES string of the molecule is CCN(CC)c1nc(N(CC)CC)c2ccccc2n1.